The van der Waals surface area contributed by atoms with Crippen molar-refractivity contribution in [1.82, 2.24) is 14.8 Å². The normalized spacial score (nSPS) is 13.3. The molecular weight excluding hydrogens is 234 g/mol. The van der Waals surface area contributed by atoms with Gasteiger partial charge in [0.05, 0.1) is 0 Å². The fraction of sp³-hybridized carbons (Fsp3) is 0.500. The third kappa shape index (κ3) is 3.17. The molecule has 0 bridgehead atoms. The van der Waals surface area contributed by atoms with Crippen molar-refractivity contribution in [2.24, 2.45) is 7.05 Å². The number of hydrogen-bond acceptors (Lipinski definition) is 2. The van der Waals surface area contributed by atoms with Crippen LogP contribution >= 0.6 is 0 Å². The summed E-state index contributed by atoms with van der Waals surface area (Å²) in [6, 6.07) is 9.14. The van der Waals surface area contributed by atoms with Crippen molar-refractivity contribution in [2.45, 2.75) is 19.9 Å². The molecule has 0 radical (unpaired) electrons. The Bertz CT molecular complexity index is 530. The van der Waals surface area contributed by atoms with Gasteiger partial charge in [0.25, 0.3) is 0 Å². The molecule has 1 aromatic carbocycles. The first-order valence-electron chi connectivity index (χ1n) is 7.09. The first kappa shape index (κ1) is 14.1. The summed E-state index contributed by atoms with van der Waals surface area (Å²) in [6.07, 6.45) is 2.13. The molecule has 19 heavy (non-hydrogen) atoms. The maximum Gasteiger partial charge on any atom is 0.0481 e. The number of nitrogens with zero attached hydrogens (tertiary/aromatic N) is 2. The largest absolute Gasteiger partial charge is 0.351 e. The van der Waals surface area contributed by atoms with Crippen molar-refractivity contribution in [3.8, 4) is 0 Å². The minimum Gasteiger partial charge on any atom is -0.351 e. The zero-order valence-electron chi connectivity index (χ0n) is 12.5. The molecule has 2 rings (SSSR count). The highest BCUT2D eigenvalue weighted by atomic mass is 15.1. The molecule has 0 amide bonds. The third-order valence-corrected chi connectivity index (χ3v) is 3.91. The molecule has 1 heterocycles. The van der Waals surface area contributed by atoms with Crippen molar-refractivity contribution < 1.29 is 0 Å². The first-order chi connectivity index (χ1) is 9.13. The zero-order chi connectivity index (χ0) is 13.8. The SMILES string of the molecule is CCN(C)CCNC(C)c1cccc2c1ccn2C. The van der Waals surface area contributed by atoms with Gasteiger partial charge in [-0.2, -0.15) is 0 Å². The number of aryl methyl sites for hydroxylation is 1. The van der Waals surface area contributed by atoms with Gasteiger partial charge in [-0.1, -0.05) is 19.1 Å². The Hall–Kier alpha value is -1.32. The van der Waals surface area contributed by atoms with Crippen LogP contribution in [0.25, 0.3) is 10.9 Å². The van der Waals surface area contributed by atoms with E-state index < -0.39 is 0 Å². The molecule has 0 aliphatic carbocycles. The summed E-state index contributed by atoms with van der Waals surface area (Å²) >= 11 is 0. The van der Waals surface area contributed by atoms with E-state index in [4.69, 9.17) is 0 Å². The Kier molecular flexibility index (Phi) is 4.61. The molecule has 0 aliphatic rings. The number of fused-ring (bicyclic) bond motifs is 1. The molecule has 3 heteroatoms. The molecule has 0 saturated carbocycles. The summed E-state index contributed by atoms with van der Waals surface area (Å²) in [7, 11) is 4.25. The van der Waals surface area contributed by atoms with Crippen LogP contribution in [0.2, 0.25) is 0 Å². The van der Waals surface area contributed by atoms with Gasteiger partial charge in [0.1, 0.15) is 0 Å². The molecule has 0 aliphatic heterocycles. The van der Waals surface area contributed by atoms with Crippen LogP contribution in [-0.4, -0.2) is 36.1 Å². The average molecular weight is 259 g/mol. The Morgan fingerprint density at radius 1 is 1.32 bits per heavy atom. The minimum atomic E-state index is 0.386. The van der Waals surface area contributed by atoms with Crippen LogP contribution in [-0.2, 0) is 7.05 Å². The van der Waals surface area contributed by atoms with E-state index in [0.29, 0.717) is 6.04 Å². The van der Waals surface area contributed by atoms with Crippen LogP contribution < -0.4 is 5.32 Å². The molecular formula is C16H25N3. The van der Waals surface area contributed by atoms with Crippen molar-refractivity contribution in [1.29, 1.82) is 0 Å². The number of benzene rings is 1. The predicted octanol–water partition coefficient (Wildman–Crippen LogP) is 2.78. The monoisotopic (exact) mass is 259 g/mol. The summed E-state index contributed by atoms with van der Waals surface area (Å²) in [5, 5.41) is 4.97. The lowest BCUT2D eigenvalue weighted by Gasteiger charge is -2.19. The Morgan fingerprint density at radius 2 is 2.11 bits per heavy atom. The molecule has 0 spiro atoms. The quantitative estimate of drug-likeness (QED) is 0.861. The van der Waals surface area contributed by atoms with Gasteiger partial charge in [-0.05, 0) is 38.2 Å². The zero-order valence-corrected chi connectivity index (χ0v) is 12.5. The van der Waals surface area contributed by atoms with E-state index in [1.165, 1.54) is 16.5 Å². The Labute approximate surface area is 116 Å². The van der Waals surface area contributed by atoms with Crippen LogP contribution in [0.1, 0.15) is 25.5 Å². The van der Waals surface area contributed by atoms with Gasteiger partial charge < -0.3 is 14.8 Å². The molecule has 3 nitrogen and oxygen atoms in total. The number of aromatic nitrogens is 1. The molecule has 0 saturated heterocycles. The van der Waals surface area contributed by atoms with Gasteiger partial charge in [-0.15, -0.1) is 0 Å². The molecule has 2 aromatic rings. The first-order valence-corrected chi connectivity index (χ1v) is 7.09. The fourth-order valence-electron chi connectivity index (χ4n) is 2.44. The number of rotatable bonds is 6. The van der Waals surface area contributed by atoms with Gasteiger partial charge in [0.15, 0.2) is 0 Å². The Balaban J connectivity index is 2.07. The van der Waals surface area contributed by atoms with Crippen LogP contribution in [0.4, 0.5) is 0 Å². The number of likely N-dealkylation sites (N-methyl/N-ethyl adjacent to an activating group) is 1. The van der Waals surface area contributed by atoms with Gasteiger partial charge in [0, 0.05) is 43.3 Å². The van der Waals surface area contributed by atoms with Crippen LogP contribution in [0.15, 0.2) is 30.5 Å². The lowest BCUT2D eigenvalue weighted by atomic mass is 10.0. The number of nitrogens with one attached hydrogen (secondary N) is 1. The van der Waals surface area contributed by atoms with Crippen molar-refractivity contribution >= 4 is 10.9 Å². The predicted molar refractivity (Wildman–Crippen MR) is 82.5 cm³/mol. The molecule has 0 fully saturated rings. The Morgan fingerprint density at radius 3 is 2.84 bits per heavy atom. The minimum absolute atomic E-state index is 0.386. The maximum atomic E-state index is 3.61. The second kappa shape index (κ2) is 6.22. The highest BCUT2D eigenvalue weighted by Gasteiger charge is 2.10. The van der Waals surface area contributed by atoms with Gasteiger partial charge >= 0.3 is 0 Å². The van der Waals surface area contributed by atoms with E-state index in [-0.39, 0.29) is 0 Å². The molecule has 1 unspecified atom stereocenters. The molecule has 1 N–H and O–H groups in total. The lowest BCUT2D eigenvalue weighted by molar-refractivity contribution is 0.342. The van der Waals surface area contributed by atoms with Crippen LogP contribution in [0, 0.1) is 0 Å². The summed E-state index contributed by atoms with van der Waals surface area (Å²) in [6.45, 7) is 7.65. The van der Waals surface area contributed by atoms with Crippen LogP contribution in [0.5, 0.6) is 0 Å². The molecule has 1 atom stereocenters. The van der Waals surface area contributed by atoms with E-state index in [2.05, 4.69) is 73.2 Å². The standard InChI is InChI=1S/C16H25N3/c1-5-18(3)12-10-17-13(2)14-7-6-8-16-15(14)9-11-19(16)4/h6-9,11,13,17H,5,10,12H2,1-4H3. The van der Waals surface area contributed by atoms with Gasteiger partial charge in [-0.3, -0.25) is 0 Å². The van der Waals surface area contributed by atoms with Crippen molar-refractivity contribution in [2.75, 3.05) is 26.7 Å². The maximum absolute atomic E-state index is 3.61. The lowest BCUT2D eigenvalue weighted by Crippen LogP contribution is -2.30. The summed E-state index contributed by atoms with van der Waals surface area (Å²) < 4.78 is 2.18. The van der Waals surface area contributed by atoms with Crippen molar-refractivity contribution in [3.05, 3.63) is 36.0 Å². The van der Waals surface area contributed by atoms with E-state index >= 15 is 0 Å². The number of hydrogen-bond donors (Lipinski definition) is 1. The van der Waals surface area contributed by atoms with E-state index in [0.717, 1.165) is 19.6 Å². The van der Waals surface area contributed by atoms with Gasteiger partial charge in [-0.25, -0.2) is 0 Å². The van der Waals surface area contributed by atoms with E-state index in [1.807, 2.05) is 0 Å². The summed E-state index contributed by atoms with van der Waals surface area (Å²) in [4.78, 5) is 2.32. The summed E-state index contributed by atoms with van der Waals surface area (Å²) in [5.74, 6) is 0. The topological polar surface area (TPSA) is 20.2 Å². The molecule has 1 aromatic heterocycles. The highest BCUT2D eigenvalue weighted by Crippen LogP contribution is 2.24. The van der Waals surface area contributed by atoms with E-state index in [1.54, 1.807) is 0 Å². The second-order valence-corrected chi connectivity index (χ2v) is 5.28. The summed E-state index contributed by atoms with van der Waals surface area (Å²) in [5.41, 5.74) is 2.69. The second-order valence-electron chi connectivity index (χ2n) is 5.28. The van der Waals surface area contributed by atoms with E-state index in [9.17, 15) is 0 Å². The van der Waals surface area contributed by atoms with Crippen molar-refractivity contribution in [3.63, 3.8) is 0 Å². The third-order valence-electron chi connectivity index (χ3n) is 3.91. The average Bonchev–Trinajstić information content (AvgIpc) is 2.80. The fourth-order valence-corrected chi connectivity index (χ4v) is 2.44. The smallest absolute Gasteiger partial charge is 0.0481 e. The molecule has 104 valence electrons. The highest BCUT2D eigenvalue weighted by molar-refractivity contribution is 5.84. The van der Waals surface area contributed by atoms with Gasteiger partial charge in [0.2, 0.25) is 0 Å². The van der Waals surface area contributed by atoms with Crippen LogP contribution in [0.3, 0.4) is 0 Å².